The molecule has 27 heavy (non-hydrogen) atoms. The first kappa shape index (κ1) is 23.7. The smallest absolute Gasteiger partial charge is 0.225 e. The molecule has 2 N–H and O–H groups in total. The highest BCUT2D eigenvalue weighted by atomic mass is 35.5. The molecule has 2 aliphatic heterocycles. The molecule has 0 atom stereocenters. The summed E-state index contributed by atoms with van der Waals surface area (Å²) in [5, 5.41) is 6.04. The van der Waals surface area contributed by atoms with E-state index < -0.39 is 0 Å². The average molecular weight is 403 g/mol. The summed E-state index contributed by atoms with van der Waals surface area (Å²) in [4.78, 5) is 39.8. The molecule has 7 nitrogen and oxygen atoms in total. The van der Waals surface area contributed by atoms with Gasteiger partial charge in [-0.15, -0.1) is 12.4 Å². The number of piperazine rings is 1. The van der Waals surface area contributed by atoms with Gasteiger partial charge in [0.1, 0.15) is 0 Å². The summed E-state index contributed by atoms with van der Waals surface area (Å²) in [6.45, 7) is 8.97. The minimum absolute atomic E-state index is 0. The normalized spacial score (nSPS) is 17.3. The van der Waals surface area contributed by atoms with Crippen LogP contribution in [0.2, 0.25) is 0 Å². The summed E-state index contributed by atoms with van der Waals surface area (Å²) in [6, 6.07) is 0. The molecule has 0 saturated carbocycles. The van der Waals surface area contributed by atoms with Crippen molar-refractivity contribution in [3.8, 4) is 0 Å². The molecule has 2 aliphatic rings. The van der Waals surface area contributed by atoms with Gasteiger partial charge in [-0.25, -0.2) is 0 Å². The van der Waals surface area contributed by atoms with Crippen molar-refractivity contribution in [2.75, 3.05) is 45.8 Å². The Kier molecular flexibility index (Phi) is 10.7. The Morgan fingerprint density at radius 1 is 0.963 bits per heavy atom. The predicted molar refractivity (Wildman–Crippen MR) is 108 cm³/mol. The summed E-state index contributed by atoms with van der Waals surface area (Å²) >= 11 is 0. The lowest BCUT2D eigenvalue weighted by Gasteiger charge is -2.35. The number of nitrogens with zero attached hydrogens (tertiary/aromatic N) is 2. The van der Waals surface area contributed by atoms with Crippen molar-refractivity contribution in [2.24, 2.45) is 11.8 Å². The average Bonchev–Trinajstić information content (AvgIpc) is 2.55. The Morgan fingerprint density at radius 3 is 2.07 bits per heavy atom. The molecule has 0 aromatic carbocycles. The SMILES string of the molecule is CC(C)CC(=O)N1CCN(C(=O)CCCCCNC(=O)C2CNC2)CC1.Cl. The van der Waals surface area contributed by atoms with E-state index in [0.717, 1.165) is 32.4 Å². The fourth-order valence-electron chi connectivity index (χ4n) is 3.25. The van der Waals surface area contributed by atoms with Gasteiger partial charge in [0, 0.05) is 58.7 Å². The monoisotopic (exact) mass is 402 g/mol. The highest BCUT2D eigenvalue weighted by Gasteiger charge is 2.25. The minimum Gasteiger partial charge on any atom is -0.356 e. The van der Waals surface area contributed by atoms with Gasteiger partial charge in [-0.1, -0.05) is 20.3 Å². The lowest BCUT2D eigenvalue weighted by atomic mass is 10.0. The van der Waals surface area contributed by atoms with Crippen LogP contribution in [0.3, 0.4) is 0 Å². The van der Waals surface area contributed by atoms with E-state index in [2.05, 4.69) is 10.6 Å². The Balaban J connectivity index is 0.00000364. The quantitative estimate of drug-likeness (QED) is 0.564. The van der Waals surface area contributed by atoms with Crippen LogP contribution in [-0.2, 0) is 14.4 Å². The first-order chi connectivity index (χ1) is 12.5. The van der Waals surface area contributed by atoms with Crippen LogP contribution in [0, 0.1) is 11.8 Å². The van der Waals surface area contributed by atoms with Crippen LogP contribution >= 0.6 is 12.4 Å². The van der Waals surface area contributed by atoms with Gasteiger partial charge in [0.15, 0.2) is 0 Å². The van der Waals surface area contributed by atoms with E-state index in [0.29, 0.717) is 51.5 Å². The van der Waals surface area contributed by atoms with E-state index in [9.17, 15) is 14.4 Å². The lowest BCUT2D eigenvalue weighted by molar-refractivity contribution is -0.140. The van der Waals surface area contributed by atoms with Gasteiger partial charge in [-0.3, -0.25) is 14.4 Å². The van der Waals surface area contributed by atoms with E-state index in [4.69, 9.17) is 0 Å². The lowest BCUT2D eigenvalue weighted by Crippen LogP contribution is -2.51. The summed E-state index contributed by atoms with van der Waals surface area (Å²) in [5.41, 5.74) is 0. The number of halogens is 1. The molecule has 0 bridgehead atoms. The molecule has 2 heterocycles. The van der Waals surface area contributed by atoms with Crippen molar-refractivity contribution < 1.29 is 14.4 Å². The van der Waals surface area contributed by atoms with Crippen LogP contribution in [0.1, 0.15) is 46.0 Å². The van der Waals surface area contributed by atoms with Gasteiger partial charge >= 0.3 is 0 Å². The van der Waals surface area contributed by atoms with Gasteiger partial charge in [0.2, 0.25) is 17.7 Å². The number of hydrogen-bond acceptors (Lipinski definition) is 4. The molecule has 3 amide bonds. The number of amides is 3. The number of nitrogens with one attached hydrogen (secondary N) is 2. The van der Waals surface area contributed by atoms with E-state index in [1.165, 1.54) is 0 Å². The van der Waals surface area contributed by atoms with Crippen molar-refractivity contribution in [3.63, 3.8) is 0 Å². The van der Waals surface area contributed by atoms with Gasteiger partial charge in [-0.05, 0) is 18.8 Å². The van der Waals surface area contributed by atoms with Crippen LogP contribution in [-0.4, -0.2) is 73.3 Å². The van der Waals surface area contributed by atoms with Crippen LogP contribution < -0.4 is 10.6 Å². The summed E-state index contributed by atoms with van der Waals surface area (Å²) in [6.07, 6.45) is 3.85. The topological polar surface area (TPSA) is 81.8 Å². The highest BCUT2D eigenvalue weighted by Crippen LogP contribution is 2.10. The zero-order valence-corrected chi connectivity index (χ0v) is 17.5. The second kappa shape index (κ2) is 12.2. The predicted octanol–water partition coefficient (Wildman–Crippen LogP) is 1.02. The van der Waals surface area contributed by atoms with Crippen molar-refractivity contribution in [1.82, 2.24) is 20.4 Å². The first-order valence-electron chi connectivity index (χ1n) is 10.0. The second-order valence-corrected chi connectivity index (χ2v) is 7.82. The maximum absolute atomic E-state index is 12.3. The largest absolute Gasteiger partial charge is 0.356 e. The molecule has 156 valence electrons. The Labute approximate surface area is 169 Å². The molecule has 2 saturated heterocycles. The van der Waals surface area contributed by atoms with Crippen LogP contribution in [0.4, 0.5) is 0 Å². The van der Waals surface area contributed by atoms with Crippen LogP contribution in [0.5, 0.6) is 0 Å². The molecule has 0 spiro atoms. The Hall–Kier alpha value is -1.34. The minimum atomic E-state index is 0. The number of carbonyl (C=O) groups is 3. The molecular formula is C19H35ClN4O3. The van der Waals surface area contributed by atoms with Gasteiger partial charge in [0.25, 0.3) is 0 Å². The Morgan fingerprint density at radius 2 is 1.56 bits per heavy atom. The fraction of sp³-hybridized carbons (Fsp3) is 0.842. The summed E-state index contributed by atoms with van der Waals surface area (Å²) < 4.78 is 0. The maximum atomic E-state index is 12.3. The number of unbranched alkanes of at least 4 members (excludes halogenated alkanes) is 2. The third-order valence-corrected chi connectivity index (χ3v) is 5.09. The molecule has 0 aliphatic carbocycles. The fourth-order valence-corrected chi connectivity index (χ4v) is 3.25. The summed E-state index contributed by atoms with van der Waals surface area (Å²) in [5.74, 6) is 1.04. The van der Waals surface area contributed by atoms with Crippen molar-refractivity contribution >= 4 is 30.1 Å². The van der Waals surface area contributed by atoms with E-state index in [1.807, 2.05) is 23.6 Å². The second-order valence-electron chi connectivity index (χ2n) is 7.82. The van der Waals surface area contributed by atoms with Crippen molar-refractivity contribution in [1.29, 1.82) is 0 Å². The van der Waals surface area contributed by atoms with Gasteiger partial charge < -0.3 is 20.4 Å². The van der Waals surface area contributed by atoms with E-state index >= 15 is 0 Å². The third kappa shape index (κ3) is 8.05. The van der Waals surface area contributed by atoms with Crippen molar-refractivity contribution in [3.05, 3.63) is 0 Å². The van der Waals surface area contributed by atoms with Crippen LogP contribution in [0.25, 0.3) is 0 Å². The standard InChI is InChI=1S/C19H34N4O3.ClH/c1-15(2)12-18(25)23-10-8-22(9-11-23)17(24)6-4-3-5-7-21-19(26)16-13-20-14-16;/h15-16,20H,3-14H2,1-2H3,(H,21,26);1H. The number of carbonyl (C=O) groups excluding carboxylic acids is 3. The zero-order valence-electron chi connectivity index (χ0n) is 16.7. The molecule has 0 aromatic rings. The Bertz CT molecular complexity index is 489. The maximum Gasteiger partial charge on any atom is 0.225 e. The molecule has 0 unspecified atom stereocenters. The van der Waals surface area contributed by atoms with Gasteiger partial charge in [-0.2, -0.15) is 0 Å². The molecule has 2 fully saturated rings. The first-order valence-corrected chi connectivity index (χ1v) is 10.0. The molecular weight excluding hydrogens is 368 g/mol. The van der Waals surface area contributed by atoms with Crippen LogP contribution in [0.15, 0.2) is 0 Å². The third-order valence-electron chi connectivity index (χ3n) is 5.09. The van der Waals surface area contributed by atoms with Gasteiger partial charge in [0.05, 0.1) is 5.92 Å². The molecule has 0 aromatic heterocycles. The number of hydrogen-bond donors (Lipinski definition) is 2. The number of rotatable bonds is 9. The zero-order chi connectivity index (χ0) is 18.9. The molecule has 0 radical (unpaired) electrons. The highest BCUT2D eigenvalue weighted by molar-refractivity contribution is 5.85. The molecule has 2 rings (SSSR count). The summed E-state index contributed by atoms with van der Waals surface area (Å²) in [7, 11) is 0. The van der Waals surface area contributed by atoms with Crippen molar-refractivity contribution in [2.45, 2.75) is 46.0 Å². The molecule has 8 heteroatoms. The van der Waals surface area contributed by atoms with E-state index in [1.54, 1.807) is 0 Å². The van der Waals surface area contributed by atoms with E-state index in [-0.39, 0.29) is 36.0 Å².